The summed E-state index contributed by atoms with van der Waals surface area (Å²) in [6.07, 6.45) is 2.17. The zero-order valence-corrected chi connectivity index (χ0v) is 12.9. The maximum atomic E-state index is 5.63. The first-order valence-corrected chi connectivity index (χ1v) is 7.80. The first-order valence-electron chi connectivity index (χ1n) is 7.80. The Kier molecular flexibility index (Phi) is 3.10. The number of rotatable bonds is 3. The Morgan fingerprint density at radius 1 is 1.27 bits per heavy atom. The lowest BCUT2D eigenvalue weighted by Gasteiger charge is -2.22. The van der Waals surface area contributed by atoms with Crippen LogP contribution in [0, 0.1) is 6.92 Å². The topological polar surface area (TPSA) is 60.0 Å². The molecule has 114 valence electrons. The Hall–Kier alpha value is -2.37. The zero-order valence-electron chi connectivity index (χ0n) is 12.9. The highest BCUT2D eigenvalue weighted by atomic mass is 16.4. The molecule has 0 amide bonds. The first-order chi connectivity index (χ1) is 10.8. The Morgan fingerprint density at radius 2 is 2.14 bits per heavy atom. The van der Waals surface area contributed by atoms with Gasteiger partial charge in [-0.1, -0.05) is 17.2 Å². The maximum absolute atomic E-state index is 5.63. The van der Waals surface area contributed by atoms with E-state index in [1.807, 2.05) is 13.0 Å². The average Bonchev–Trinajstić information content (AvgIpc) is 3.23. The lowest BCUT2D eigenvalue weighted by atomic mass is 10.2. The molecule has 0 N–H and O–H groups in total. The fourth-order valence-corrected chi connectivity index (χ4v) is 3.35. The molecule has 3 aromatic rings. The molecule has 6 nitrogen and oxygen atoms in total. The van der Waals surface area contributed by atoms with Crippen LogP contribution in [0.5, 0.6) is 0 Å². The minimum Gasteiger partial charge on any atom is -0.408 e. The van der Waals surface area contributed by atoms with Crippen LogP contribution in [0.1, 0.15) is 37.5 Å². The molecule has 1 atom stereocenters. The summed E-state index contributed by atoms with van der Waals surface area (Å²) in [4.78, 5) is 7.07. The molecular weight excluding hydrogens is 278 g/mol. The van der Waals surface area contributed by atoms with Gasteiger partial charge in [0.15, 0.2) is 0 Å². The molecule has 0 saturated carbocycles. The molecule has 1 fully saturated rings. The summed E-state index contributed by atoms with van der Waals surface area (Å²) in [7, 11) is 0. The van der Waals surface area contributed by atoms with Crippen molar-refractivity contribution in [2.75, 3.05) is 11.4 Å². The fraction of sp³-hybridized carbons (Fsp3) is 0.438. The fourth-order valence-electron chi connectivity index (χ4n) is 3.35. The van der Waals surface area contributed by atoms with Crippen molar-refractivity contribution in [3.63, 3.8) is 0 Å². The number of para-hydroxylation sites is 2. The highest BCUT2D eigenvalue weighted by Crippen LogP contribution is 2.36. The van der Waals surface area contributed by atoms with Gasteiger partial charge >= 0.3 is 6.01 Å². The van der Waals surface area contributed by atoms with Gasteiger partial charge in [0.05, 0.1) is 17.1 Å². The number of aryl methyl sites for hydroxylation is 2. The van der Waals surface area contributed by atoms with E-state index in [1.165, 1.54) is 5.52 Å². The quantitative estimate of drug-likeness (QED) is 0.743. The lowest BCUT2D eigenvalue weighted by molar-refractivity contribution is 0.489. The summed E-state index contributed by atoms with van der Waals surface area (Å²) in [6, 6.07) is 9.11. The second kappa shape index (κ2) is 5.12. The van der Waals surface area contributed by atoms with E-state index in [-0.39, 0.29) is 6.04 Å². The van der Waals surface area contributed by atoms with E-state index >= 15 is 0 Å². The van der Waals surface area contributed by atoms with Gasteiger partial charge in [-0.3, -0.25) is 0 Å². The third-order valence-electron chi connectivity index (χ3n) is 4.31. The van der Waals surface area contributed by atoms with Crippen molar-refractivity contribution in [2.45, 2.75) is 39.3 Å². The minimum atomic E-state index is 0.201. The van der Waals surface area contributed by atoms with E-state index in [9.17, 15) is 0 Å². The largest absolute Gasteiger partial charge is 0.408 e. The van der Waals surface area contributed by atoms with E-state index < -0.39 is 0 Å². The monoisotopic (exact) mass is 297 g/mol. The van der Waals surface area contributed by atoms with Gasteiger partial charge in [0, 0.05) is 20.0 Å². The van der Waals surface area contributed by atoms with E-state index in [0.29, 0.717) is 11.9 Å². The van der Waals surface area contributed by atoms with Crippen LogP contribution in [0.2, 0.25) is 0 Å². The number of benzene rings is 1. The van der Waals surface area contributed by atoms with Crippen LogP contribution in [0.4, 0.5) is 6.01 Å². The lowest BCUT2D eigenvalue weighted by Crippen LogP contribution is -2.25. The normalized spacial score (nSPS) is 18.5. The molecule has 2 aromatic heterocycles. The van der Waals surface area contributed by atoms with Gasteiger partial charge in [0.25, 0.3) is 0 Å². The number of imidazole rings is 1. The van der Waals surface area contributed by atoms with Crippen molar-refractivity contribution < 1.29 is 4.42 Å². The standard InChI is InChI=1S/C16H19N5O/c1-3-20-13-8-5-4-7-12(13)17-15(20)14-9-6-10-21(14)16-19-18-11(2)22-16/h4-5,7-8,14H,3,6,9-10H2,1-2H3/t14-/m1/s1. The number of fused-ring (bicyclic) bond motifs is 1. The summed E-state index contributed by atoms with van der Waals surface area (Å²) >= 11 is 0. The van der Waals surface area contributed by atoms with Crippen molar-refractivity contribution >= 4 is 17.0 Å². The predicted octanol–water partition coefficient (Wildman–Crippen LogP) is 3.09. The van der Waals surface area contributed by atoms with Crippen molar-refractivity contribution in [3.8, 4) is 0 Å². The third-order valence-corrected chi connectivity index (χ3v) is 4.31. The molecule has 4 rings (SSSR count). The van der Waals surface area contributed by atoms with Crippen molar-refractivity contribution in [2.24, 2.45) is 0 Å². The average molecular weight is 297 g/mol. The Morgan fingerprint density at radius 3 is 2.91 bits per heavy atom. The van der Waals surface area contributed by atoms with E-state index in [0.717, 1.165) is 37.3 Å². The molecular formula is C16H19N5O. The van der Waals surface area contributed by atoms with Gasteiger partial charge in [0.1, 0.15) is 5.82 Å². The number of nitrogens with zero attached hydrogens (tertiary/aromatic N) is 5. The zero-order chi connectivity index (χ0) is 15.1. The smallest absolute Gasteiger partial charge is 0.318 e. The van der Waals surface area contributed by atoms with E-state index in [1.54, 1.807) is 0 Å². The molecule has 1 saturated heterocycles. The second-order valence-electron chi connectivity index (χ2n) is 5.66. The van der Waals surface area contributed by atoms with E-state index in [2.05, 4.69) is 44.8 Å². The molecule has 1 aliphatic heterocycles. The number of anilines is 1. The van der Waals surface area contributed by atoms with Gasteiger partial charge in [-0.05, 0) is 31.9 Å². The summed E-state index contributed by atoms with van der Waals surface area (Å²) in [5, 5.41) is 8.14. The molecule has 22 heavy (non-hydrogen) atoms. The molecule has 6 heteroatoms. The van der Waals surface area contributed by atoms with Gasteiger partial charge in [-0.15, -0.1) is 5.10 Å². The Balaban J connectivity index is 1.80. The molecule has 1 aromatic carbocycles. The Bertz CT molecular complexity index is 806. The van der Waals surface area contributed by atoms with Crippen LogP contribution in [0.15, 0.2) is 28.7 Å². The summed E-state index contributed by atoms with van der Waals surface area (Å²) in [6.45, 7) is 5.82. The van der Waals surface area contributed by atoms with E-state index in [4.69, 9.17) is 9.40 Å². The number of aromatic nitrogens is 4. The number of hydrogen-bond donors (Lipinski definition) is 0. The molecule has 0 aliphatic carbocycles. The molecule has 0 unspecified atom stereocenters. The van der Waals surface area contributed by atoms with Crippen LogP contribution in [0.25, 0.3) is 11.0 Å². The first kappa shape index (κ1) is 13.3. The van der Waals surface area contributed by atoms with Crippen molar-refractivity contribution in [1.82, 2.24) is 19.7 Å². The molecule has 1 aliphatic rings. The van der Waals surface area contributed by atoms with Crippen molar-refractivity contribution in [3.05, 3.63) is 36.0 Å². The highest BCUT2D eigenvalue weighted by Gasteiger charge is 2.33. The Labute approximate surface area is 128 Å². The predicted molar refractivity (Wildman–Crippen MR) is 83.8 cm³/mol. The maximum Gasteiger partial charge on any atom is 0.318 e. The molecule has 0 radical (unpaired) electrons. The SMILES string of the molecule is CCn1c([C@H]2CCCN2c2nnc(C)o2)nc2ccccc21. The minimum absolute atomic E-state index is 0.201. The van der Waals surface area contributed by atoms with Gasteiger partial charge < -0.3 is 13.9 Å². The van der Waals surface area contributed by atoms with Gasteiger partial charge in [-0.25, -0.2) is 4.98 Å². The summed E-state index contributed by atoms with van der Waals surface area (Å²) in [5.74, 6) is 1.70. The molecule has 0 spiro atoms. The third kappa shape index (κ3) is 1.98. The van der Waals surface area contributed by atoms with Crippen LogP contribution in [-0.4, -0.2) is 26.3 Å². The summed E-state index contributed by atoms with van der Waals surface area (Å²) < 4.78 is 7.93. The highest BCUT2D eigenvalue weighted by molar-refractivity contribution is 5.76. The van der Waals surface area contributed by atoms with Gasteiger partial charge in [0.2, 0.25) is 5.89 Å². The molecule has 0 bridgehead atoms. The van der Waals surface area contributed by atoms with Crippen LogP contribution < -0.4 is 4.90 Å². The number of hydrogen-bond acceptors (Lipinski definition) is 5. The summed E-state index contributed by atoms with van der Waals surface area (Å²) in [5.41, 5.74) is 2.24. The van der Waals surface area contributed by atoms with Crippen LogP contribution >= 0.6 is 0 Å². The van der Waals surface area contributed by atoms with Crippen LogP contribution in [0.3, 0.4) is 0 Å². The van der Waals surface area contributed by atoms with Crippen LogP contribution in [-0.2, 0) is 6.54 Å². The van der Waals surface area contributed by atoms with Gasteiger partial charge in [-0.2, -0.15) is 0 Å². The van der Waals surface area contributed by atoms with Crippen molar-refractivity contribution in [1.29, 1.82) is 0 Å². The second-order valence-corrected chi connectivity index (χ2v) is 5.66. The molecule has 3 heterocycles.